The molecule has 1 unspecified atom stereocenters. The number of nitrogens with zero attached hydrogens (tertiary/aromatic N) is 2. The number of aromatic nitrogens is 1. The van der Waals surface area contributed by atoms with E-state index in [4.69, 9.17) is 0 Å². The quantitative estimate of drug-likeness (QED) is 0.678. The van der Waals surface area contributed by atoms with Crippen LogP contribution in [0.15, 0.2) is 22.5 Å². The van der Waals surface area contributed by atoms with Gasteiger partial charge in [-0.25, -0.2) is 13.4 Å². The Bertz CT molecular complexity index is 794. The fourth-order valence-electron chi connectivity index (χ4n) is 2.38. The van der Waals surface area contributed by atoms with Gasteiger partial charge in [0.05, 0.1) is 20.9 Å². The molecule has 0 saturated carbocycles. The Balaban J connectivity index is 1.94. The molecule has 2 aromatic rings. The molecule has 0 aliphatic carbocycles. The normalized spacial score (nSPS) is 19.1. The van der Waals surface area contributed by atoms with Gasteiger partial charge in [-0.05, 0) is 25.5 Å². The van der Waals surface area contributed by atoms with Crippen molar-refractivity contribution in [3.05, 3.63) is 28.3 Å². The number of benzene rings is 1. The fourth-order valence-corrected chi connectivity index (χ4v) is 5.23. The molecule has 21 heavy (non-hydrogen) atoms. The lowest BCUT2D eigenvalue weighted by Gasteiger charge is -2.08. The molecular formula is C12H13N3O4S2. The molecule has 1 aromatic carbocycles. The second-order valence-electron chi connectivity index (χ2n) is 4.96. The predicted octanol–water partition coefficient (Wildman–Crippen LogP) is 1.73. The molecule has 1 aliphatic rings. The van der Waals surface area contributed by atoms with E-state index in [1.165, 1.54) is 18.2 Å². The Labute approximate surface area is 125 Å². The van der Waals surface area contributed by atoms with E-state index in [1.807, 2.05) is 0 Å². The molecule has 0 radical (unpaired) electrons. The van der Waals surface area contributed by atoms with Gasteiger partial charge >= 0.3 is 0 Å². The third kappa shape index (κ3) is 2.89. The first-order chi connectivity index (χ1) is 9.95. The monoisotopic (exact) mass is 327 g/mol. The zero-order valence-corrected chi connectivity index (χ0v) is 12.6. The Morgan fingerprint density at radius 3 is 2.95 bits per heavy atom. The van der Waals surface area contributed by atoms with Crippen molar-refractivity contribution in [2.24, 2.45) is 0 Å². The Kier molecular flexibility index (Phi) is 3.64. The number of nitro groups is 1. The summed E-state index contributed by atoms with van der Waals surface area (Å²) in [6.07, 6.45) is 1.82. The largest absolute Gasteiger partial charge is 0.313 e. The highest BCUT2D eigenvalue weighted by molar-refractivity contribution is 7.93. The molecule has 1 fully saturated rings. The minimum absolute atomic E-state index is 0.0227. The summed E-state index contributed by atoms with van der Waals surface area (Å²) in [4.78, 5) is 14.3. The first-order valence-electron chi connectivity index (χ1n) is 6.47. The van der Waals surface area contributed by atoms with Gasteiger partial charge in [-0.2, -0.15) is 0 Å². The molecule has 112 valence electrons. The second-order valence-corrected chi connectivity index (χ2v) is 8.20. The van der Waals surface area contributed by atoms with Gasteiger partial charge in [-0.15, -0.1) is 11.3 Å². The van der Waals surface area contributed by atoms with Crippen molar-refractivity contribution in [3.63, 3.8) is 0 Å². The summed E-state index contributed by atoms with van der Waals surface area (Å²) in [5.41, 5.74) is 0.265. The van der Waals surface area contributed by atoms with E-state index in [-0.39, 0.29) is 21.8 Å². The van der Waals surface area contributed by atoms with Crippen LogP contribution < -0.4 is 5.32 Å². The lowest BCUT2D eigenvalue weighted by Crippen LogP contribution is -2.29. The van der Waals surface area contributed by atoms with E-state index < -0.39 is 14.8 Å². The molecule has 3 rings (SSSR count). The molecule has 0 spiro atoms. The molecule has 1 aliphatic heterocycles. The van der Waals surface area contributed by atoms with Gasteiger partial charge < -0.3 is 5.32 Å². The molecular weight excluding hydrogens is 314 g/mol. The lowest BCUT2D eigenvalue weighted by atomic mass is 10.3. The molecule has 7 nitrogen and oxygen atoms in total. The third-order valence-corrected chi connectivity index (χ3v) is 6.72. The molecule has 2 heterocycles. The van der Waals surface area contributed by atoms with Crippen LogP contribution in [0.5, 0.6) is 0 Å². The van der Waals surface area contributed by atoms with Crippen LogP contribution in [0.4, 0.5) is 5.69 Å². The van der Waals surface area contributed by atoms with E-state index in [1.54, 1.807) is 0 Å². The van der Waals surface area contributed by atoms with Crippen LogP contribution in [-0.4, -0.2) is 36.7 Å². The van der Waals surface area contributed by atoms with Crippen LogP contribution in [0.1, 0.15) is 12.8 Å². The maximum absolute atomic E-state index is 12.4. The smallest absolute Gasteiger partial charge is 0.271 e. The van der Waals surface area contributed by atoms with E-state index in [2.05, 4.69) is 10.3 Å². The van der Waals surface area contributed by atoms with Crippen molar-refractivity contribution in [1.29, 1.82) is 0 Å². The highest BCUT2D eigenvalue weighted by Crippen LogP contribution is 2.29. The highest BCUT2D eigenvalue weighted by Gasteiger charge is 2.26. The van der Waals surface area contributed by atoms with Gasteiger partial charge in [-0.1, -0.05) is 0 Å². The Hall–Kier alpha value is -1.58. The van der Waals surface area contributed by atoms with Crippen LogP contribution in [-0.2, 0) is 9.84 Å². The average molecular weight is 327 g/mol. The number of non-ortho nitro benzene ring substituents is 1. The Morgan fingerprint density at radius 1 is 1.48 bits per heavy atom. The molecule has 1 aromatic heterocycles. The molecule has 1 atom stereocenters. The lowest BCUT2D eigenvalue weighted by molar-refractivity contribution is -0.384. The van der Waals surface area contributed by atoms with E-state index in [0.717, 1.165) is 30.7 Å². The van der Waals surface area contributed by atoms with Crippen molar-refractivity contribution >= 4 is 37.1 Å². The van der Waals surface area contributed by atoms with Gasteiger partial charge in [0.25, 0.3) is 5.69 Å². The van der Waals surface area contributed by atoms with E-state index >= 15 is 0 Å². The zero-order valence-electron chi connectivity index (χ0n) is 11.0. The number of hydrogen-bond acceptors (Lipinski definition) is 7. The van der Waals surface area contributed by atoms with Crippen molar-refractivity contribution < 1.29 is 13.3 Å². The average Bonchev–Trinajstić information content (AvgIpc) is 3.05. The molecule has 1 N–H and O–H groups in total. The molecule has 9 heteroatoms. The summed E-state index contributed by atoms with van der Waals surface area (Å²) < 4.78 is 25.4. The standard InChI is InChI=1S/C12H13N3O4S2/c16-15(17)9-3-4-11-10(6-9)14-12(20-11)21(18,19)7-8-2-1-5-13-8/h3-4,6,8,13H,1-2,5,7H2. The third-order valence-electron chi connectivity index (χ3n) is 3.41. The first-order valence-corrected chi connectivity index (χ1v) is 8.94. The van der Waals surface area contributed by atoms with E-state index in [0.29, 0.717) is 10.2 Å². The van der Waals surface area contributed by atoms with Crippen LogP contribution >= 0.6 is 11.3 Å². The van der Waals surface area contributed by atoms with Crippen LogP contribution in [0.3, 0.4) is 0 Å². The molecule has 0 bridgehead atoms. The van der Waals surface area contributed by atoms with Crippen LogP contribution in [0.25, 0.3) is 10.2 Å². The van der Waals surface area contributed by atoms with Crippen LogP contribution in [0, 0.1) is 10.1 Å². The van der Waals surface area contributed by atoms with Gasteiger partial charge in [-0.3, -0.25) is 10.1 Å². The molecule has 0 amide bonds. The summed E-state index contributed by atoms with van der Waals surface area (Å²) in [6.45, 7) is 0.840. The summed E-state index contributed by atoms with van der Waals surface area (Å²) in [7, 11) is -3.46. The highest BCUT2D eigenvalue weighted by atomic mass is 32.2. The maximum Gasteiger partial charge on any atom is 0.271 e. The number of rotatable bonds is 4. The van der Waals surface area contributed by atoms with Crippen molar-refractivity contribution in [1.82, 2.24) is 10.3 Å². The van der Waals surface area contributed by atoms with Gasteiger partial charge in [0.1, 0.15) is 0 Å². The van der Waals surface area contributed by atoms with Gasteiger partial charge in [0.2, 0.25) is 14.2 Å². The summed E-state index contributed by atoms with van der Waals surface area (Å²) in [6, 6.07) is 4.17. The minimum Gasteiger partial charge on any atom is -0.313 e. The first kappa shape index (κ1) is 14.4. The SMILES string of the molecule is O=[N+]([O-])c1ccc2sc(S(=O)(=O)CC3CCCN3)nc2c1. The Morgan fingerprint density at radius 2 is 2.29 bits per heavy atom. The molecule has 1 saturated heterocycles. The number of thiazole rings is 1. The van der Waals surface area contributed by atoms with Crippen molar-refractivity contribution in [3.8, 4) is 0 Å². The van der Waals surface area contributed by atoms with Crippen molar-refractivity contribution in [2.75, 3.05) is 12.3 Å². The second kappa shape index (κ2) is 5.32. The topological polar surface area (TPSA) is 102 Å². The summed E-state index contributed by atoms with van der Waals surface area (Å²) in [5.74, 6) is 0.0227. The number of sulfone groups is 1. The summed E-state index contributed by atoms with van der Waals surface area (Å²) in [5, 5.41) is 13.9. The van der Waals surface area contributed by atoms with Crippen LogP contribution in [0.2, 0.25) is 0 Å². The zero-order chi connectivity index (χ0) is 15.0. The number of hydrogen-bond donors (Lipinski definition) is 1. The van der Waals surface area contributed by atoms with Gasteiger partial charge in [0, 0.05) is 18.2 Å². The fraction of sp³-hybridized carbons (Fsp3) is 0.417. The predicted molar refractivity (Wildman–Crippen MR) is 79.4 cm³/mol. The minimum atomic E-state index is -3.46. The number of fused-ring (bicyclic) bond motifs is 1. The van der Waals surface area contributed by atoms with E-state index in [9.17, 15) is 18.5 Å². The number of nitrogens with one attached hydrogen (secondary N) is 1. The summed E-state index contributed by atoms with van der Waals surface area (Å²) >= 11 is 1.06. The van der Waals surface area contributed by atoms with Gasteiger partial charge in [0.15, 0.2) is 0 Å². The number of nitro benzene ring substituents is 1. The maximum atomic E-state index is 12.4. The van der Waals surface area contributed by atoms with Crippen molar-refractivity contribution in [2.45, 2.75) is 23.2 Å².